The monoisotopic (exact) mass is 626 g/mol. The number of hydrogen-bond acceptors (Lipinski definition) is 1. The van der Waals surface area contributed by atoms with Crippen LogP contribution in [0.5, 0.6) is 0 Å². The van der Waals surface area contributed by atoms with Gasteiger partial charge in [0, 0.05) is 44.3 Å². The summed E-state index contributed by atoms with van der Waals surface area (Å²) in [5.41, 5.74) is 13.5. The largest absolute Gasteiger partial charge is 0.354 e. The lowest BCUT2D eigenvalue weighted by molar-refractivity contribution is 0.660. The zero-order valence-corrected chi connectivity index (χ0v) is 27.5. The number of H-pyrrole nitrogens is 1. The molecule has 1 aromatic heterocycles. The molecule has 1 N–H and O–H groups in total. The quantitative estimate of drug-likeness (QED) is 0.206. The molecule has 0 radical (unpaired) electrons. The molecule has 0 fully saturated rings. The van der Waals surface area contributed by atoms with Gasteiger partial charge >= 0.3 is 0 Å². The molecule has 0 saturated heterocycles. The number of benzene rings is 8. The highest BCUT2D eigenvalue weighted by atomic mass is 15.1. The van der Waals surface area contributed by atoms with Gasteiger partial charge in [0.2, 0.25) is 0 Å². The van der Waals surface area contributed by atoms with Crippen molar-refractivity contribution in [1.82, 2.24) is 4.98 Å². The van der Waals surface area contributed by atoms with Gasteiger partial charge in [0.15, 0.2) is 0 Å². The summed E-state index contributed by atoms with van der Waals surface area (Å²) in [4.78, 5) is 6.20. The summed E-state index contributed by atoms with van der Waals surface area (Å²) in [6.07, 6.45) is 0. The summed E-state index contributed by atoms with van der Waals surface area (Å²) in [5.74, 6) is 0. The second-order valence-electron chi connectivity index (χ2n) is 13.9. The lowest BCUT2D eigenvalue weighted by atomic mass is 9.82. The van der Waals surface area contributed by atoms with Crippen LogP contribution in [0.2, 0.25) is 0 Å². The number of aromatic amines is 1. The Hall–Kier alpha value is -6.12. The molecule has 0 saturated carbocycles. The normalized spacial score (nSPS) is 13.3. The number of nitrogens with zero attached hydrogens (tertiary/aromatic N) is 1. The Morgan fingerprint density at radius 2 is 1.00 bits per heavy atom. The van der Waals surface area contributed by atoms with Gasteiger partial charge in [0.1, 0.15) is 0 Å². The van der Waals surface area contributed by atoms with Crippen molar-refractivity contribution >= 4 is 60.4 Å². The molecule has 8 aromatic carbocycles. The van der Waals surface area contributed by atoms with E-state index in [9.17, 15) is 0 Å². The van der Waals surface area contributed by atoms with Crippen molar-refractivity contribution in [2.45, 2.75) is 19.3 Å². The third-order valence-electron chi connectivity index (χ3n) is 10.8. The molecular weight excluding hydrogens is 593 g/mol. The van der Waals surface area contributed by atoms with Crippen LogP contribution in [0, 0.1) is 0 Å². The van der Waals surface area contributed by atoms with E-state index < -0.39 is 0 Å². The Morgan fingerprint density at radius 1 is 0.429 bits per heavy atom. The molecule has 1 aliphatic carbocycles. The number of aromatic nitrogens is 1. The maximum Gasteiger partial charge on any atom is 0.0544 e. The van der Waals surface area contributed by atoms with Gasteiger partial charge in [0.25, 0.3) is 0 Å². The minimum atomic E-state index is -0.135. The van der Waals surface area contributed by atoms with Gasteiger partial charge in [-0.25, -0.2) is 0 Å². The van der Waals surface area contributed by atoms with E-state index in [4.69, 9.17) is 0 Å². The van der Waals surface area contributed by atoms with Crippen LogP contribution in [0.4, 0.5) is 17.1 Å². The molecule has 9 aromatic rings. The molecule has 0 atom stereocenters. The van der Waals surface area contributed by atoms with Gasteiger partial charge < -0.3 is 9.88 Å². The SMILES string of the molecule is CC1(C)c2ccc(N(c3ccc4ccccc4c3)c3ccc4ccccc4c3)cc2-c2c(-c3cccc4c3[nH]c3ccccc34)cccc21. The van der Waals surface area contributed by atoms with Gasteiger partial charge in [-0.3, -0.25) is 0 Å². The third kappa shape index (κ3) is 4.20. The number of anilines is 3. The highest BCUT2D eigenvalue weighted by Crippen LogP contribution is 2.54. The highest BCUT2D eigenvalue weighted by molar-refractivity contribution is 6.13. The first-order valence-corrected chi connectivity index (χ1v) is 17.1. The second-order valence-corrected chi connectivity index (χ2v) is 13.9. The molecule has 0 amide bonds. The lowest BCUT2D eigenvalue weighted by Crippen LogP contribution is -2.15. The van der Waals surface area contributed by atoms with Gasteiger partial charge in [-0.2, -0.15) is 0 Å². The maximum absolute atomic E-state index is 3.77. The molecule has 49 heavy (non-hydrogen) atoms. The van der Waals surface area contributed by atoms with E-state index >= 15 is 0 Å². The van der Waals surface area contributed by atoms with Crippen LogP contribution in [0.3, 0.4) is 0 Å². The summed E-state index contributed by atoms with van der Waals surface area (Å²) in [7, 11) is 0. The van der Waals surface area contributed by atoms with Gasteiger partial charge in [0.05, 0.1) is 5.52 Å². The van der Waals surface area contributed by atoms with E-state index in [0.717, 1.165) is 17.1 Å². The summed E-state index contributed by atoms with van der Waals surface area (Å²) >= 11 is 0. The Bertz CT molecular complexity index is 2680. The molecule has 2 heteroatoms. The standard InChI is InChI=1S/C47H34N2/c1-47(2)42-26-25-36(49(34-23-21-30-11-3-5-13-32(30)27-34)35-24-22-31-12-4-6-14-33(31)28-35)29-41(42)45-38(16-10-19-43(45)47)40-18-9-17-39-37-15-7-8-20-44(37)48-46(39)40/h3-29,48H,1-2H3. The predicted molar refractivity (Wildman–Crippen MR) is 208 cm³/mol. The third-order valence-corrected chi connectivity index (χ3v) is 10.8. The fourth-order valence-electron chi connectivity index (χ4n) is 8.33. The van der Waals surface area contributed by atoms with Gasteiger partial charge in [-0.15, -0.1) is 0 Å². The van der Waals surface area contributed by atoms with Gasteiger partial charge in [-0.1, -0.05) is 135 Å². The number of nitrogens with one attached hydrogen (secondary N) is 1. The van der Waals surface area contributed by atoms with Crippen LogP contribution in [-0.2, 0) is 5.41 Å². The molecule has 0 bridgehead atoms. The van der Waals surface area contributed by atoms with Gasteiger partial charge in [-0.05, 0) is 91.8 Å². The van der Waals surface area contributed by atoms with Crippen molar-refractivity contribution in [3.05, 3.63) is 175 Å². The topological polar surface area (TPSA) is 19.0 Å². The Labute approximate surface area is 285 Å². The van der Waals surface area contributed by atoms with E-state index in [-0.39, 0.29) is 5.41 Å². The summed E-state index contributed by atoms with van der Waals surface area (Å²) in [6.45, 7) is 4.74. The molecule has 1 heterocycles. The fourth-order valence-corrected chi connectivity index (χ4v) is 8.33. The minimum absolute atomic E-state index is 0.135. The van der Waals surface area contributed by atoms with Crippen LogP contribution in [-0.4, -0.2) is 4.98 Å². The number of rotatable bonds is 4. The zero-order chi connectivity index (χ0) is 32.7. The molecule has 232 valence electrons. The average molecular weight is 627 g/mol. The Morgan fingerprint density at radius 3 is 1.73 bits per heavy atom. The van der Waals surface area contributed by atoms with Crippen LogP contribution in [0.1, 0.15) is 25.0 Å². The summed E-state index contributed by atoms with van der Waals surface area (Å²) in [5, 5.41) is 7.46. The van der Waals surface area contributed by atoms with Crippen molar-refractivity contribution in [3.63, 3.8) is 0 Å². The predicted octanol–water partition coefficient (Wildman–Crippen LogP) is 13.1. The highest BCUT2D eigenvalue weighted by Gasteiger charge is 2.37. The zero-order valence-electron chi connectivity index (χ0n) is 27.5. The van der Waals surface area contributed by atoms with Crippen molar-refractivity contribution in [2.75, 3.05) is 4.90 Å². The summed E-state index contributed by atoms with van der Waals surface area (Å²) in [6, 6.07) is 60.2. The average Bonchev–Trinajstić information content (AvgIpc) is 3.64. The number of hydrogen-bond donors (Lipinski definition) is 1. The van der Waals surface area contributed by atoms with Crippen LogP contribution >= 0.6 is 0 Å². The first kappa shape index (κ1) is 27.9. The molecule has 2 nitrogen and oxygen atoms in total. The van der Waals surface area contributed by atoms with E-state index in [0.29, 0.717) is 0 Å². The first-order chi connectivity index (χ1) is 24.0. The van der Waals surface area contributed by atoms with Crippen molar-refractivity contribution in [2.24, 2.45) is 0 Å². The van der Waals surface area contributed by atoms with E-state index in [2.05, 4.69) is 188 Å². The molecule has 0 spiro atoms. The first-order valence-electron chi connectivity index (χ1n) is 17.1. The lowest BCUT2D eigenvalue weighted by Gasteiger charge is -2.27. The number of fused-ring (bicyclic) bond motifs is 8. The Balaban J connectivity index is 1.21. The molecule has 1 aliphatic rings. The molecular formula is C47H34N2. The van der Waals surface area contributed by atoms with E-state index in [1.165, 1.54) is 76.7 Å². The van der Waals surface area contributed by atoms with Crippen LogP contribution < -0.4 is 4.90 Å². The number of para-hydroxylation sites is 2. The Kier molecular flexibility index (Phi) is 5.95. The van der Waals surface area contributed by atoms with E-state index in [1.807, 2.05) is 0 Å². The smallest absolute Gasteiger partial charge is 0.0544 e. The molecule has 0 aliphatic heterocycles. The van der Waals surface area contributed by atoms with Crippen molar-refractivity contribution in [1.29, 1.82) is 0 Å². The van der Waals surface area contributed by atoms with Crippen LogP contribution in [0.15, 0.2) is 164 Å². The van der Waals surface area contributed by atoms with Crippen molar-refractivity contribution < 1.29 is 0 Å². The fraction of sp³-hybridized carbons (Fsp3) is 0.0638. The van der Waals surface area contributed by atoms with E-state index in [1.54, 1.807) is 0 Å². The van der Waals surface area contributed by atoms with Crippen molar-refractivity contribution in [3.8, 4) is 22.3 Å². The summed E-state index contributed by atoms with van der Waals surface area (Å²) < 4.78 is 0. The molecule has 0 unspecified atom stereocenters. The maximum atomic E-state index is 3.77. The second kappa shape index (κ2) is 10.4. The van der Waals surface area contributed by atoms with Crippen LogP contribution in [0.25, 0.3) is 65.6 Å². The minimum Gasteiger partial charge on any atom is -0.354 e. The molecule has 10 rings (SSSR count).